The highest BCUT2D eigenvalue weighted by Gasteiger charge is 2.16. The predicted molar refractivity (Wildman–Crippen MR) is 82.6 cm³/mol. The number of aliphatic hydroxyl groups excluding tert-OH is 1. The van der Waals surface area contributed by atoms with Gasteiger partial charge in [-0.15, -0.1) is 11.3 Å². The number of benzene rings is 1. The summed E-state index contributed by atoms with van der Waals surface area (Å²) in [4.78, 5) is 5.13. The van der Waals surface area contributed by atoms with E-state index >= 15 is 0 Å². The van der Waals surface area contributed by atoms with Crippen molar-refractivity contribution in [3.05, 3.63) is 45.4 Å². The largest absolute Gasteiger partial charge is 0.392 e. The first-order valence-electron chi connectivity index (χ1n) is 6.60. The molecule has 0 saturated heterocycles. The molecule has 0 amide bonds. The van der Waals surface area contributed by atoms with Crippen LogP contribution >= 0.6 is 11.3 Å². The van der Waals surface area contributed by atoms with Crippen molar-refractivity contribution in [3.8, 4) is 0 Å². The molecule has 0 aliphatic heterocycles. The van der Waals surface area contributed by atoms with E-state index in [1.807, 2.05) is 13.8 Å². The lowest BCUT2D eigenvalue weighted by Gasteiger charge is -2.10. The van der Waals surface area contributed by atoms with Crippen LogP contribution in [0.1, 0.15) is 27.9 Å². The number of hydrogen-bond donors (Lipinski definition) is 2. The van der Waals surface area contributed by atoms with E-state index in [4.69, 9.17) is 0 Å². The number of aliphatic hydroxyl groups is 1. The quantitative estimate of drug-likeness (QED) is 0.851. The Labute approximate surface area is 128 Å². The average Bonchev–Trinajstić information content (AvgIpc) is 2.90. The third-order valence-electron chi connectivity index (χ3n) is 3.14. The number of nitrogens with zero attached hydrogens (tertiary/aromatic N) is 1. The van der Waals surface area contributed by atoms with Crippen LogP contribution in [0.5, 0.6) is 0 Å². The molecule has 0 spiro atoms. The molecule has 1 aromatic carbocycles. The highest BCUT2D eigenvalue weighted by atomic mass is 32.2. The second-order valence-electron chi connectivity index (χ2n) is 4.61. The summed E-state index contributed by atoms with van der Waals surface area (Å²) in [5.41, 5.74) is 1.60. The Morgan fingerprint density at radius 2 is 2.10 bits per heavy atom. The van der Waals surface area contributed by atoms with Crippen LogP contribution in [0, 0.1) is 6.92 Å². The van der Waals surface area contributed by atoms with Gasteiger partial charge in [0.05, 0.1) is 16.5 Å². The third-order valence-corrected chi connectivity index (χ3v) is 5.46. The standard InChI is InChI=1S/C14H18N2O3S2/c1-3-11-4-5-14(6-12(11)9-17)21(18,19)16-8-13-7-15-10(2)20-13/h4-7,16-17H,3,8-9H2,1-2H3. The molecule has 0 atom stereocenters. The fourth-order valence-corrected chi connectivity index (χ4v) is 3.88. The molecule has 0 fully saturated rings. The maximum atomic E-state index is 12.3. The van der Waals surface area contributed by atoms with Crippen LogP contribution in [0.15, 0.2) is 29.3 Å². The van der Waals surface area contributed by atoms with Crippen LogP contribution in [0.25, 0.3) is 0 Å². The van der Waals surface area contributed by atoms with Crippen LogP contribution in [0.2, 0.25) is 0 Å². The van der Waals surface area contributed by atoms with Crippen LogP contribution in [0.4, 0.5) is 0 Å². The summed E-state index contributed by atoms with van der Waals surface area (Å²) < 4.78 is 27.1. The molecular formula is C14H18N2O3S2. The van der Waals surface area contributed by atoms with Crippen molar-refractivity contribution < 1.29 is 13.5 Å². The lowest BCUT2D eigenvalue weighted by molar-refractivity contribution is 0.280. The molecule has 0 radical (unpaired) electrons. The molecule has 1 aromatic heterocycles. The number of hydrogen-bond acceptors (Lipinski definition) is 5. The molecule has 0 saturated carbocycles. The topological polar surface area (TPSA) is 79.3 Å². The van der Waals surface area contributed by atoms with E-state index in [2.05, 4.69) is 9.71 Å². The fraction of sp³-hybridized carbons (Fsp3) is 0.357. The summed E-state index contributed by atoms with van der Waals surface area (Å²) in [5, 5.41) is 10.2. The Hall–Kier alpha value is -1.28. The van der Waals surface area contributed by atoms with Crippen molar-refractivity contribution in [2.45, 2.75) is 38.3 Å². The Morgan fingerprint density at radius 3 is 2.67 bits per heavy atom. The van der Waals surface area contributed by atoms with Gasteiger partial charge in [0.25, 0.3) is 0 Å². The van der Waals surface area contributed by atoms with Crippen molar-refractivity contribution in [2.24, 2.45) is 0 Å². The van der Waals surface area contributed by atoms with E-state index in [-0.39, 0.29) is 18.0 Å². The van der Waals surface area contributed by atoms with Gasteiger partial charge in [-0.2, -0.15) is 0 Å². The Balaban J connectivity index is 2.19. The number of rotatable bonds is 6. The van der Waals surface area contributed by atoms with Gasteiger partial charge in [0.15, 0.2) is 0 Å². The Kier molecular flexibility index (Phi) is 5.10. The zero-order chi connectivity index (χ0) is 15.5. The number of sulfonamides is 1. The normalized spacial score (nSPS) is 11.8. The van der Waals surface area contributed by atoms with Crippen molar-refractivity contribution in [1.82, 2.24) is 9.71 Å². The van der Waals surface area contributed by atoms with E-state index in [0.717, 1.165) is 21.9 Å². The number of aryl methyl sites for hydroxylation is 2. The molecule has 114 valence electrons. The monoisotopic (exact) mass is 326 g/mol. The van der Waals surface area contributed by atoms with Gasteiger partial charge in [0.2, 0.25) is 10.0 Å². The van der Waals surface area contributed by atoms with Crippen molar-refractivity contribution in [3.63, 3.8) is 0 Å². The van der Waals surface area contributed by atoms with E-state index in [0.29, 0.717) is 5.56 Å². The molecule has 1 heterocycles. The molecule has 2 rings (SSSR count). The first-order chi connectivity index (χ1) is 9.96. The first kappa shape index (κ1) is 16.1. The van der Waals surface area contributed by atoms with Crippen LogP contribution in [-0.4, -0.2) is 18.5 Å². The summed E-state index contributed by atoms with van der Waals surface area (Å²) in [6, 6.07) is 4.84. The second kappa shape index (κ2) is 6.65. The maximum Gasteiger partial charge on any atom is 0.240 e. The molecular weight excluding hydrogens is 308 g/mol. The number of aromatic nitrogens is 1. The van der Waals surface area contributed by atoms with Crippen LogP contribution in [0.3, 0.4) is 0 Å². The molecule has 2 N–H and O–H groups in total. The molecule has 21 heavy (non-hydrogen) atoms. The summed E-state index contributed by atoms with van der Waals surface area (Å²) in [7, 11) is -3.59. The maximum absolute atomic E-state index is 12.3. The summed E-state index contributed by atoms with van der Waals surface area (Å²) in [6.07, 6.45) is 2.42. The second-order valence-corrected chi connectivity index (χ2v) is 7.70. The van der Waals surface area contributed by atoms with E-state index in [9.17, 15) is 13.5 Å². The fourth-order valence-electron chi connectivity index (χ4n) is 2.00. The zero-order valence-electron chi connectivity index (χ0n) is 12.0. The summed E-state index contributed by atoms with van der Waals surface area (Å²) in [5.74, 6) is 0. The average molecular weight is 326 g/mol. The first-order valence-corrected chi connectivity index (χ1v) is 8.90. The van der Waals surface area contributed by atoms with Gasteiger partial charge in [-0.3, -0.25) is 0 Å². The number of thiazole rings is 1. The number of nitrogens with one attached hydrogen (secondary N) is 1. The van der Waals surface area contributed by atoms with E-state index < -0.39 is 10.0 Å². The van der Waals surface area contributed by atoms with E-state index in [1.54, 1.807) is 18.3 Å². The molecule has 5 nitrogen and oxygen atoms in total. The molecule has 2 aromatic rings. The Morgan fingerprint density at radius 1 is 1.33 bits per heavy atom. The minimum atomic E-state index is -3.59. The molecule has 0 unspecified atom stereocenters. The van der Waals surface area contributed by atoms with Crippen molar-refractivity contribution in [1.29, 1.82) is 0 Å². The van der Waals surface area contributed by atoms with Gasteiger partial charge in [-0.1, -0.05) is 13.0 Å². The smallest absolute Gasteiger partial charge is 0.240 e. The minimum absolute atomic E-state index is 0.166. The van der Waals surface area contributed by atoms with Gasteiger partial charge < -0.3 is 5.11 Å². The highest BCUT2D eigenvalue weighted by molar-refractivity contribution is 7.89. The van der Waals surface area contributed by atoms with Gasteiger partial charge in [0, 0.05) is 17.6 Å². The van der Waals surface area contributed by atoms with Crippen LogP contribution in [-0.2, 0) is 29.6 Å². The molecule has 0 bridgehead atoms. The lowest BCUT2D eigenvalue weighted by Crippen LogP contribution is -2.23. The summed E-state index contributed by atoms with van der Waals surface area (Å²) >= 11 is 1.46. The Bertz CT molecular complexity index is 724. The van der Waals surface area contributed by atoms with Gasteiger partial charge >= 0.3 is 0 Å². The third kappa shape index (κ3) is 3.88. The molecule has 7 heteroatoms. The predicted octanol–water partition coefficient (Wildman–Crippen LogP) is 1.98. The highest BCUT2D eigenvalue weighted by Crippen LogP contribution is 2.18. The zero-order valence-corrected chi connectivity index (χ0v) is 13.6. The SMILES string of the molecule is CCc1ccc(S(=O)(=O)NCc2cnc(C)s2)cc1CO. The molecule has 0 aliphatic rings. The van der Waals surface area contributed by atoms with Crippen LogP contribution < -0.4 is 4.72 Å². The lowest BCUT2D eigenvalue weighted by atomic mass is 10.1. The van der Waals surface area contributed by atoms with E-state index in [1.165, 1.54) is 17.4 Å². The molecule has 0 aliphatic carbocycles. The van der Waals surface area contributed by atoms with Gasteiger partial charge in [0.1, 0.15) is 0 Å². The van der Waals surface area contributed by atoms with Gasteiger partial charge in [-0.05, 0) is 36.6 Å². The minimum Gasteiger partial charge on any atom is -0.392 e. The summed E-state index contributed by atoms with van der Waals surface area (Å²) in [6.45, 7) is 3.89. The van der Waals surface area contributed by atoms with Gasteiger partial charge in [-0.25, -0.2) is 18.1 Å². The van der Waals surface area contributed by atoms with Crippen molar-refractivity contribution in [2.75, 3.05) is 0 Å². The van der Waals surface area contributed by atoms with Crippen molar-refractivity contribution >= 4 is 21.4 Å².